The topological polar surface area (TPSA) is 71.5 Å². The van der Waals surface area contributed by atoms with E-state index in [4.69, 9.17) is 4.74 Å². The molecule has 0 unspecified atom stereocenters. The Morgan fingerprint density at radius 3 is 2.41 bits per heavy atom. The first kappa shape index (κ1) is 32.9. The Hall–Kier alpha value is -2.51. The molecule has 11 heteroatoms. The fraction of sp³-hybridized carbons (Fsp3) is 0.485. The number of benzene rings is 2. The summed E-state index contributed by atoms with van der Waals surface area (Å²) in [5.41, 5.74) is 1.38. The number of likely N-dealkylation sites (tertiary alicyclic amines) is 1. The standard InChI is InChI=1S/C33H42FN5O3S.H2S/c34-27-6-8-28(9-7-27)39-25-38(23-29(40)22-35-14-17-36-18-20-42-21-19-36)32(41)33(39)12-15-37(16-13-33)24-30-10-11-31(43-30)26-4-2-1-3-5-26;/h1-11,29,35,40H,12-25H2;1H2/t29-;/m0./s1. The summed E-state index contributed by atoms with van der Waals surface area (Å²) in [6.45, 7) is 8.64. The number of carbonyl (C=O) groups excluding carboxylic acids is 1. The van der Waals surface area contributed by atoms with E-state index in [-0.39, 0.29) is 31.8 Å². The molecule has 0 radical (unpaired) electrons. The number of β-amino-alcohol motifs (C(OH)–C–C–N with tert-alkyl or cyclic N) is 1. The van der Waals surface area contributed by atoms with Crippen molar-refractivity contribution in [1.82, 2.24) is 20.0 Å². The number of amides is 1. The van der Waals surface area contributed by atoms with Crippen molar-refractivity contribution in [3.8, 4) is 10.4 Å². The highest BCUT2D eigenvalue weighted by Gasteiger charge is 2.53. The first-order valence-corrected chi connectivity index (χ1v) is 16.2. The lowest BCUT2D eigenvalue weighted by Crippen LogP contribution is -2.56. The van der Waals surface area contributed by atoms with Crippen LogP contribution >= 0.6 is 24.8 Å². The third-order valence-electron chi connectivity index (χ3n) is 8.95. The Morgan fingerprint density at radius 1 is 0.955 bits per heavy atom. The summed E-state index contributed by atoms with van der Waals surface area (Å²) < 4.78 is 19.2. The number of carbonyl (C=O) groups is 1. The van der Waals surface area contributed by atoms with E-state index >= 15 is 0 Å². The van der Waals surface area contributed by atoms with Crippen LogP contribution in [0.1, 0.15) is 17.7 Å². The summed E-state index contributed by atoms with van der Waals surface area (Å²) >= 11 is 1.82. The third-order valence-corrected chi connectivity index (χ3v) is 10.1. The summed E-state index contributed by atoms with van der Waals surface area (Å²) in [7, 11) is 0. The van der Waals surface area contributed by atoms with Crippen LogP contribution in [0.15, 0.2) is 66.7 Å². The number of piperidine rings is 1. The molecule has 3 aliphatic heterocycles. The molecule has 0 saturated carbocycles. The fourth-order valence-corrected chi connectivity index (χ4v) is 7.58. The zero-order chi connectivity index (χ0) is 29.6. The SMILES string of the molecule is O=C1N(C[C@@H](O)CNCCN2CCOCC2)CN(c2ccc(F)cc2)C12CCN(Cc1ccc(-c3ccccc3)s1)CC2.S. The monoisotopic (exact) mass is 641 g/mol. The predicted octanol–water partition coefficient (Wildman–Crippen LogP) is 3.59. The third kappa shape index (κ3) is 7.64. The van der Waals surface area contributed by atoms with Gasteiger partial charge in [-0.3, -0.25) is 14.6 Å². The van der Waals surface area contributed by atoms with E-state index in [9.17, 15) is 14.3 Å². The van der Waals surface area contributed by atoms with Crippen LogP contribution in [0.2, 0.25) is 0 Å². The van der Waals surface area contributed by atoms with Crippen LogP contribution in [0.5, 0.6) is 0 Å². The summed E-state index contributed by atoms with van der Waals surface area (Å²) in [5, 5.41) is 14.2. The number of aliphatic hydroxyl groups is 1. The van der Waals surface area contributed by atoms with E-state index in [2.05, 4.69) is 56.4 Å². The quantitative estimate of drug-likeness (QED) is 0.310. The molecule has 1 aromatic heterocycles. The van der Waals surface area contributed by atoms with Crippen molar-refractivity contribution in [2.45, 2.75) is 31.0 Å². The molecule has 238 valence electrons. The van der Waals surface area contributed by atoms with Crippen molar-refractivity contribution in [1.29, 1.82) is 0 Å². The number of thiophene rings is 1. The van der Waals surface area contributed by atoms with Crippen molar-refractivity contribution < 1.29 is 19.0 Å². The lowest BCUT2D eigenvalue weighted by atomic mass is 9.85. The fourth-order valence-electron chi connectivity index (χ4n) is 6.53. The number of anilines is 1. The lowest BCUT2D eigenvalue weighted by Gasteiger charge is -2.43. The highest BCUT2D eigenvalue weighted by Crippen LogP contribution is 2.40. The molecular formula is C33H44FN5O3S2. The Kier molecular flexibility index (Phi) is 11.3. The van der Waals surface area contributed by atoms with Crippen molar-refractivity contribution in [3.63, 3.8) is 0 Å². The molecule has 1 spiro atoms. The van der Waals surface area contributed by atoms with Gasteiger partial charge in [0.15, 0.2) is 0 Å². The van der Waals surface area contributed by atoms with Crippen LogP contribution in [-0.4, -0.2) is 110 Å². The number of halogens is 1. The minimum absolute atomic E-state index is 0. The molecule has 3 fully saturated rings. The Labute approximate surface area is 270 Å². The average molecular weight is 642 g/mol. The van der Waals surface area contributed by atoms with Crippen molar-refractivity contribution in [3.05, 3.63) is 77.4 Å². The molecule has 44 heavy (non-hydrogen) atoms. The van der Waals surface area contributed by atoms with Gasteiger partial charge in [-0.1, -0.05) is 30.3 Å². The normalized spacial score (nSPS) is 19.8. The number of morpholine rings is 1. The summed E-state index contributed by atoms with van der Waals surface area (Å²) in [6, 6.07) is 21.3. The van der Waals surface area contributed by atoms with E-state index in [1.165, 1.54) is 27.5 Å². The van der Waals surface area contributed by atoms with Crippen LogP contribution in [0.25, 0.3) is 10.4 Å². The smallest absolute Gasteiger partial charge is 0.250 e. The minimum atomic E-state index is -0.692. The highest BCUT2D eigenvalue weighted by atomic mass is 32.1. The molecular weight excluding hydrogens is 598 g/mol. The molecule has 3 saturated heterocycles. The van der Waals surface area contributed by atoms with Gasteiger partial charge in [0.1, 0.15) is 11.4 Å². The number of nitrogens with one attached hydrogen (secondary N) is 1. The molecule has 0 aliphatic carbocycles. The van der Waals surface area contributed by atoms with Gasteiger partial charge in [0.2, 0.25) is 5.91 Å². The molecule has 3 aromatic rings. The molecule has 1 amide bonds. The van der Waals surface area contributed by atoms with Gasteiger partial charge in [-0.15, -0.1) is 11.3 Å². The summed E-state index contributed by atoms with van der Waals surface area (Å²) in [5.74, 6) is -0.231. The lowest BCUT2D eigenvalue weighted by molar-refractivity contribution is -0.134. The zero-order valence-corrected chi connectivity index (χ0v) is 27.0. The first-order valence-electron chi connectivity index (χ1n) is 15.4. The average Bonchev–Trinajstić information content (AvgIpc) is 3.61. The van der Waals surface area contributed by atoms with E-state index in [1.807, 2.05) is 17.4 Å². The maximum Gasteiger partial charge on any atom is 0.250 e. The number of hydrogen-bond donors (Lipinski definition) is 2. The van der Waals surface area contributed by atoms with E-state index in [0.29, 0.717) is 26.1 Å². The van der Waals surface area contributed by atoms with Gasteiger partial charge in [-0.2, -0.15) is 13.5 Å². The van der Waals surface area contributed by atoms with Gasteiger partial charge < -0.3 is 25.0 Å². The molecule has 1 atom stereocenters. The number of aliphatic hydroxyl groups excluding tert-OH is 1. The van der Waals surface area contributed by atoms with Gasteiger partial charge in [0, 0.05) is 74.3 Å². The largest absolute Gasteiger partial charge is 0.390 e. The maximum atomic E-state index is 14.1. The molecule has 2 N–H and O–H groups in total. The number of ether oxygens (including phenoxy) is 1. The molecule has 3 aliphatic rings. The van der Waals surface area contributed by atoms with Gasteiger partial charge >= 0.3 is 0 Å². The van der Waals surface area contributed by atoms with Crippen LogP contribution in [0.4, 0.5) is 10.1 Å². The second kappa shape index (κ2) is 15.2. The molecule has 8 nitrogen and oxygen atoms in total. The maximum absolute atomic E-state index is 14.1. The second-order valence-corrected chi connectivity index (χ2v) is 13.0. The van der Waals surface area contributed by atoms with Crippen molar-refractivity contribution in [2.24, 2.45) is 0 Å². The first-order chi connectivity index (χ1) is 21.0. The number of nitrogens with zero attached hydrogens (tertiary/aromatic N) is 4. The second-order valence-electron chi connectivity index (χ2n) is 11.8. The molecule has 6 rings (SSSR count). The summed E-state index contributed by atoms with van der Waals surface area (Å²) in [6.07, 6.45) is 0.700. The molecule has 0 bridgehead atoms. The van der Waals surface area contributed by atoms with Gasteiger partial charge in [-0.05, 0) is 54.8 Å². The molecule has 4 heterocycles. The predicted molar refractivity (Wildman–Crippen MR) is 179 cm³/mol. The Bertz CT molecular complexity index is 1330. The van der Waals surface area contributed by atoms with E-state index in [1.54, 1.807) is 17.0 Å². The molecule has 2 aromatic carbocycles. The Balaban J connectivity index is 0.00000384. The number of rotatable bonds is 11. The van der Waals surface area contributed by atoms with Crippen molar-refractivity contribution in [2.75, 3.05) is 77.1 Å². The zero-order valence-electron chi connectivity index (χ0n) is 25.2. The van der Waals surface area contributed by atoms with Crippen LogP contribution in [-0.2, 0) is 16.1 Å². The Morgan fingerprint density at radius 2 is 1.68 bits per heavy atom. The van der Waals surface area contributed by atoms with E-state index < -0.39 is 11.6 Å². The van der Waals surface area contributed by atoms with E-state index in [0.717, 1.165) is 64.7 Å². The highest BCUT2D eigenvalue weighted by molar-refractivity contribution is 7.59. The van der Waals surface area contributed by atoms with Gasteiger partial charge in [0.25, 0.3) is 0 Å². The summed E-state index contributed by atoms with van der Waals surface area (Å²) in [4.78, 5) is 25.4. The van der Waals surface area contributed by atoms with Gasteiger partial charge in [0.05, 0.1) is 26.0 Å². The van der Waals surface area contributed by atoms with Crippen LogP contribution in [0.3, 0.4) is 0 Å². The van der Waals surface area contributed by atoms with Crippen LogP contribution < -0.4 is 10.2 Å². The minimum Gasteiger partial charge on any atom is -0.390 e. The number of hydrogen-bond acceptors (Lipinski definition) is 8. The van der Waals surface area contributed by atoms with Crippen LogP contribution in [0, 0.1) is 5.82 Å². The van der Waals surface area contributed by atoms with Gasteiger partial charge in [-0.25, -0.2) is 4.39 Å². The van der Waals surface area contributed by atoms with Crippen molar-refractivity contribution >= 4 is 36.4 Å².